The number of nitrogens with zero attached hydrogens (tertiary/aromatic N) is 1. The first-order valence-corrected chi connectivity index (χ1v) is 3.77. The summed E-state index contributed by atoms with van der Waals surface area (Å²) >= 11 is 0. The van der Waals surface area contributed by atoms with Crippen molar-refractivity contribution in [1.29, 1.82) is 0 Å². The molecule has 0 radical (unpaired) electrons. The van der Waals surface area contributed by atoms with Gasteiger partial charge in [-0.1, -0.05) is 0 Å². The van der Waals surface area contributed by atoms with Crippen LogP contribution in [-0.4, -0.2) is 35.5 Å². The molecule has 0 aromatic rings. The van der Waals surface area contributed by atoms with E-state index in [1.165, 1.54) is 18.9 Å². The van der Waals surface area contributed by atoms with Crippen LogP contribution >= 0.6 is 0 Å². The van der Waals surface area contributed by atoms with Crippen LogP contribution in [-0.2, 0) is 14.4 Å². The zero-order valence-corrected chi connectivity index (χ0v) is 7.33. The normalized spacial score (nSPS) is 29.8. The first-order chi connectivity index (χ1) is 5.46. The SMILES string of the molecule is CC(=O)C1C(=O)C(C)N(C)C1=O. The average Bonchev–Trinajstić information content (AvgIpc) is 2.16. The van der Waals surface area contributed by atoms with Crippen molar-refractivity contribution >= 4 is 17.5 Å². The number of hydrogen-bond acceptors (Lipinski definition) is 3. The Morgan fingerprint density at radius 2 is 1.92 bits per heavy atom. The van der Waals surface area contributed by atoms with Crippen LogP contribution in [0.1, 0.15) is 13.8 Å². The summed E-state index contributed by atoms with van der Waals surface area (Å²) in [6, 6.07) is -0.452. The summed E-state index contributed by atoms with van der Waals surface area (Å²) in [5.41, 5.74) is 0. The molecule has 1 fully saturated rings. The van der Waals surface area contributed by atoms with E-state index < -0.39 is 12.0 Å². The quantitative estimate of drug-likeness (QED) is 0.503. The number of likely N-dealkylation sites (N-methyl/N-ethyl adjacent to an activating group) is 1. The van der Waals surface area contributed by atoms with E-state index in [0.717, 1.165) is 0 Å². The van der Waals surface area contributed by atoms with E-state index in [0.29, 0.717) is 0 Å². The number of rotatable bonds is 1. The topological polar surface area (TPSA) is 54.5 Å². The second kappa shape index (κ2) is 2.69. The Balaban J connectivity index is 2.99. The van der Waals surface area contributed by atoms with Gasteiger partial charge in [0.25, 0.3) is 0 Å². The summed E-state index contributed by atoms with van der Waals surface area (Å²) in [6.07, 6.45) is 0. The zero-order valence-electron chi connectivity index (χ0n) is 7.33. The molecule has 1 heterocycles. The molecule has 2 unspecified atom stereocenters. The number of amides is 1. The van der Waals surface area contributed by atoms with Crippen molar-refractivity contribution in [1.82, 2.24) is 4.90 Å². The maximum Gasteiger partial charge on any atom is 0.241 e. The molecular formula is C8H11NO3. The number of carbonyl (C=O) groups is 3. The molecule has 1 rings (SSSR count). The number of hydrogen-bond donors (Lipinski definition) is 0. The molecule has 0 aromatic carbocycles. The molecule has 0 saturated carbocycles. The summed E-state index contributed by atoms with van der Waals surface area (Å²) in [6.45, 7) is 2.90. The van der Waals surface area contributed by atoms with Gasteiger partial charge in [0.2, 0.25) is 5.91 Å². The minimum atomic E-state index is -1.04. The highest BCUT2D eigenvalue weighted by Crippen LogP contribution is 2.19. The van der Waals surface area contributed by atoms with Crippen molar-refractivity contribution in [2.45, 2.75) is 19.9 Å². The van der Waals surface area contributed by atoms with Crippen molar-refractivity contribution in [3.8, 4) is 0 Å². The first kappa shape index (κ1) is 8.90. The van der Waals surface area contributed by atoms with Crippen LogP contribution in [0.2, 0.25) is 0 Å². The predicted octanol–water partition coefficient (Wildman–Crippen LogP) is -0.379. The molecule has 4 nitrogen and oxygen atoms in total. The second-order valence-corrected chi connectivity index (χ2v) is 3.07. The lowest BCUT2D eigenvalue weighted by Gasteiger charge is -2.11. The fourth-order valence-corrected chi connectivity index (χ4v) is 1.32. The molecule has 0 spiro atoms. The third kappa shape index (κ3) is 1.03. The van der Waals surface area contributed by atoms with Crippen LogP contribution in [0.25, 0.3) is 0 Å². The number of carbonyl (C=O) groups excluding carboxylic acids is 3. The fraction of sp³-hybridized carbons (Fsp3) is 0.625. The van der Waals surface area contributed by atoms with Gasteiger partial charge in [0, 0.05) is 7.05 Å². The lowest BCUT2D eigenvalue weighted by atomic mass is 10.0. The van der Waals surface area contributed by atoms with Gasteiger partial charge < -0.3 is 4.90 Å². The molecule has 66 valence electrons. The van der Waals surface area contributed by atoms with E-state index >= 15 is 0 Å². The van der Waals surface area contributed by atoms with Gasteiger partial charge in [-0.05, 0) is 13.8 Å². The van der Waals surface area contributed by atoms with E-state index in [4.69, 9.17) is 0 Å². The number of likely N-dealkylation sites (tertiary alicyclic amines) is 1. The summed E-state index contributed by atoms with van der Waals surface area (Å²) in [5.74, 6) is -2.05. The smallest absolute Gasteiger partial charge is 0.241 e. The highest BCUT2D eigenvalue weighted by atomic mass is 16.2. The maximum atomic E-state index is 11.3. The van der Waals surface area contributed by atoms with Gasteiger partial charge in [-0.25, -0.2) is 0 Å². The van der Waals surface area contributed by atoms with E-state index in [2.05, 4.69) is 0 Å². The summed E-state index contributed by atoms with van der Waals surface area (Å²) in [7, 11) is 1.54. The molecule has 1 amide bonds. The first-order valence-electron chi connectivity index (χ1n) is 3.77. The van der Waals surface area contributed by atoms with Gasteiger partial charge in [0.1, 0.15) is 5.78 Å². The van der Waals surface area contributed by atoms with E-state index in [-0.39, 0.29) is 17.5 Å². The van der Waals surface area contributed by atoms with Gasteiger partial charge in [-0.2, -0.15) is 0 Å². The van der Waals surface area contributed by atoms with E-state index in [9.17, 15) is 14.4 Å². The average molecular weight is 169 g/mol. The summed E-state index contributed by atoms with van der Waals surface area (Å²) in [5, 5.41) is 0. The molecule has 12 heavy (non-hydrogen) atoms. The van der Waals surface area contributed by atoms with Crippen molar-refractivity contribution in [2.24, 2.45) is 5.92 Å². The van der Waals surface area contributed by atoms with Crippen molar-refractivity contribution in [2.75, 3.05) is 7.05 Å². The Morgan fingerprint density at radius 1 is 1.42 bits per heavy atom. The van der Waals surface area contributed by atoms with Crippen LogP contribution in [0, 0.1) is 5.92 Å². The van der Waals surface area contributed by atoms with Crippen molar-refractivity contribution < 1.29 is 14.4 Å². The lowest BCUT2D eigenvalue weighted by molar-refractivity contribution is -0.137. The van der Waals surface area contributed by atoms with Crippen molar-refractivity contribution in [3.05, 3.63) is 0 Å². The molecule has 2 atom stereocenters. The van der Waals surface area contributed by atoms with Gasteiger partial charge in [-0.15, -0.1) is 0 Å². The Kier molecular flexibility index (Phi) is 2.00. The fourth-order valence-electron chi connectivity index (χ4n) is 1.32. The van der Waals surface area contributed by atoms with E-state index in [1.807, 2.05) is 0 Å². The lowest BCUT2D eigenvalue weighted by Crippen LogP contribution is -2.29. The molecule has 0 bridgehead atoms. The largest absolute Gasteiger partial charge is 0.335 e. The summed E-state index contributed by atoms with van der Waals surface area (Å²) in [4.78, 5) is 34.7. The number of Topliss-reactive ketones (excluding diaryl/α,β-unsaturated/α-hetero) is 2. The van der Waals surface area contributed by atoms with Gasteiger partial charge >= 0.3 is 0 Å². The number of ketones is 2. The maximum absolute atomic E-state index is 11.3. The Labute approximate surface area is 70.5 Å². The molecule has 0 aliphatic carbocycles. The Morgan fingerprint density at radius 3 is 2.08 bits per heavy atom. The van der Waals surface area contributed by atoms with Crippen molar-refractivity contribution in [3.63, 3.8) is 0 Å². The van der Waals surface area contributed by atoms with Crippen LogP contribution in [0.5, 0.6) is 0 Å². The Hall–Kier alpha value is -1.19. The van der Waals surface area contributed by atoms with Gasteiger partial charge in [0.15, 0.2) is 11.7 Å². The predicted molar refractivity (Wildman–Crippen MR) is 41.4 cm³/mol. The standard InChI is InChI=1S/C8H11NO3/c1-4-7(11)6(5(2)10)8(12)9(4)3/h4,6H,1-3H3. The van der Waals surface area contributed by atoms with Gasteiger partial charge in [0.05, 0.1) is 6.04 Å². The van der Waals surface area contributed by atoms with E-state index in [1.54, 1.807) is 6.92 Å². The Bertz CT molecular complexity index is 239. The molecule has 1 aliphatic rings. The molecule has 4 heteroatoms. The van der Waals surface area contributed by atoms with Crippen LogP contribution < -0.4 is 0 Å². The molecule has 0 N–H and O–H groups in total. The molecular weight excluding hydrogens is 158 g/mol. The minimum absolute atomic E-state index is 0.282. The third-order valence-corrected chi connectivity index (χ3v) is 2.28. The minimum Gasteiger partial charge on any atom is -0.335 e. The van der Waals surface area contributed by atoms with Gasteiger partial charge in [-0.3, -0.25) is 14.4 Å². The monoisotopic (exact) mass is 169 g/mol. The van der Waals surface area contributed by atoms with Crippen LogP contribution in [0.3, 0.4) is 0 Å². The second-order valence-electron chi connectivity index (χ2n) is 3.07. The third-order valence-electron chi connectivity index (χ3n) is 2.28. The molecule has 1 aliphatic heterocycles. The van der Waals surface area contributed by atoms with Crippen LogP contribution in [0.4, 0.5) is 0 Å². The van der Waals surface area contributed by atoms with Crippen LogP contribution in [0.15, 0.2) is 0 Å². The molecule has 1 saturated heterocycles. The zero-order chi connectivity index (χ0) is 9.46. The highest BCUT2D eigenvalue weighted by molar-refractivity contribution is 6.23. The molecule has 0 aromatic heterocycles. The highest BCUT2D eigenvalue weighted by Gasteiger charge is 2.45. The summed E-state index contributed by atoms with van der Waals surface area (Å²) < 4.78 is 0.